The fraction of sp³-hybridized carbons (Fsp3) is 0.400. The molecule has 0 N–H and O–H groups in total. The van der Waals surface area contributed by atoms with Gasteiger partial charge in [-0.1, -0.05) is 29.8 Å². The zero-order chi connectivity index (χ0) is 15.7. The number of carbonyl (C=O) groups excluding carboxylic acids is 1. The molecule has 1 aromatic rings. The number of ether oxygens (including phenoxy) is 2. The first-order valence-corrected chi connectivity index (χ1v) is 6.50. The molecule has 1 aliphatic rings. The van der Waals surface area contributed by atoms with Gasteiger partial charge in [0.1, 0.15) is 0 Å². The van der Waals surface area contributed by atoms with Gasteiger partial charge in [0, 0.05) is 12.0 Å². The Morgan fingerprint density at radius 3 is 2.48 bits per heavy atom. The molecule has 1 aliphatic heterocycles. The van der Waals surface area contributed by atoms with Crippen molar-refractivity contribution in [2.75, 3.05) is 6.61 Å². The Hall–Kier alpha value is -1.98. The van der Waals surface area contributed by atoms with E-state index in [-0.39, 0.29) is 12.2 Å². The lowest BCUT2D eigenvalue weighted by Gasteiger charge is -2.32. The molecule has 2 rings (SSSR count). The second-order valence-corrected chi connectivity index (χ2v) is 4.79. The Kier molecular flexibility index (Phi) is 3.98. The summed E-state index contributed by atoms with van der Waals surface area (Å²) in [5, 5.41) is 0. The number of aryl methyl sites for hydroxylation is 1. The van der Waals surface area contributed by atoms with Gasteiger partial charge in [-0.25, -0.2) is 4.79 Å². The second kappa shape index (κ2) is 5.42. The highest BCUT2D eigenvalue weighted by atomic mass is 19.4. The lowest BCUT2D eigenvalue weighted by molar-refractivity contribution is -0.265. The summed E-state index contributed by atoms with van der Waals surface area (Å²) >= 11 is 0. The molecule has 0 bridgehead atoms. The summed E-state index contributed by atoms with van der Waals surface area (Å²) in [7, 11) is 0. The molecule has 0 radical (unpaired) electrons. The van der Waals surface area contributed by atoms with Gasteiger partial charge in [0.05, 0.1) is 6.61 Å². The zero-order valence-electron chi connectivity index (χ0n) is 11.7. The van der Waals surface area contributed by atoms with Crippen molar-refractivity contribution in [3.8, 4) is 0 Å². The Bertz CT molecular complexity index is 561. The molecule has 1 aromatic carbocycles. The standard InChI is InChI=1S/C15H15F3O3/c1-3-20-13(19)12-8-9-14(21-12,15(16,17)18)11-6-4-10(2)5-7-11/h4-8H,3,9H2,1-2H3. The maximum absolute atomic E-state index is 13.5. The van der Waals surface area contributed by atoms with Crippen LogP contribution in [0.5, 0.6) is 0 Å². The van der Waals surface area contributed by atoms with Gasteiger partial charge in [-0.15, -0.1) is 0 Å². The SMILES string of the molecule is CCOC(=O)C1=CCC(c2ccc(C)cc2)(C(F)(F)F)O1. The average Bonchev–Trinajstić information content (AvgIpc) is 2.86. The van der Waals surface area contributed by atoms with Crippen molar-refractivity contribution in [1.29, 1.82) is 0 Å². The van der Waals surface area contributed by atoms with Crippen molar-refractivity contribution in [1.82, 2.24) is 0 Å². The molecule has 1 heterocycles. The quantitative estimate of drug-likeness (QED) is 0.800. The van der Waals surface area contributed by atoms with Crippen molar-refractivity contribution in [2.24, 2.45) is 0 Å². The molecular weight excluding hydrogens is 285 g/mol. The summed E-state index contributed by atoms with van der Waals surface area (Å²) in [6.07, 6.45) is -3.97. The molecule has 0 saturated carbocycles. The van der Waals surface area contributed by atoms with Crippen LogP contribution in [0.1, 0.15) is 24.5 Å². The fourth-order valence-electron chi connectivity index (χ4n) is 2.17. The van der Waals surface area contributed by atoms with E-state index in [1.165, 1.54) is 12.1 Å². The third kappa shape index (κ3) is 2.75. The van der Waals surface area contributed by atoms with E-state index < -0.39 is 29.9 Å². The number of alkyl halides is 3. The second-order valence-electron chi connectivity index (χ2n) is 4.79. The highest BCUT2D eigenvalue weighted by Gasteiger charge is 2.61. The van der Waals surface area contributed by atoms with Gasteiger partial charge < -0.3 is 9.47 Å². The molecule has 1 unspecified atom stereocenters. The average molecular weight is 300 g/mol. The monoisotopic (exact) mass is 300 g/mol. The van der Waals surface area contributed by atoms with Crippen LogP contribution >= 0.6 is 0 Å². The summed E-state index contributed by atoms with van der Waals surface area (Å²) in [6.45, 7) is 3.43. The van der Waals surface area contributed by atoms with Gasteiger partial charge in [0.25, 0.3) is 0 Å². The normalized spacial score (nSPS) is 21.7. The lowest BCUT2D eigenvalue weighted by atomic mass is 9.90. The number of esters is 1. The number of hydrogen-bond donors (Lipinski definition) is 0. The maximum atomic E-state index is 13.5. The summed E-state index contributed by atoms with van der Waals surface area (Å²) < 4.78 is 50.2. The van der Waals surface area contributed by atoms with Crippen LogP contribution in [0.2, 0.25) is 0 Å². The first kappa shape index (κ1) is 15.4. The molecule has 21 heavy (non-hydrogen) atoms. The molecule has 0 fully saturated rings. The van der Waals surface area contributed by atoms with Crippen LogP contribution in [-0.4, -0.2) is 18.8 Å². The molecule has 0 saturated heterocycles. The number of benzene rings is 1. The third-order valence-electron chi connectivity index (χ3n) is 3.31. The van der Waals surface area contributed by atoms with Gasteiger partial charge in [-0.2, -0.15) is 13.2 Å². The summed E-state index contributed by atoms with van der Waals surface area (Å²) in [5.41, 5.74) is -1.72. The Morgan fingerprint density at radius 1 is 1.33 bits per heavy atom. The number of rotatable bonds is 3. The van der Waals surface area contributed by atoms with Crippen molar-refractivity contribution in [2.45, 2.75) is 32.0 Å². The van der Waals surface area contributed by atoms with Gasteiger partial charge in [-0.3, -0.25) is 0 Å². The number of carbonyl (C=O) groups is 1. The third-order valence-corrected chi connectivity index (χ3v) is 3.31. The molecule has 0 aliphatic carbocycles. The van der Waals surface area contributed by atoms with Crippen LogP contribution in [0.25, 0.3) is 0 Å². The van der Waals surface area contributed by atoms with Gasteiger partial charge in [0.15, 0.2) is 0 Å². The molecule has 1 atom stereocenters. The summed E-state index contributed by atoms with van der Waals surface area (Å²) in [6, 6.07) is 5.89. The van der Waals surface area contributed by atoms with Crippen molar-refractivity contribution < 1.29 is 27.4 Å². The largest absolute Gasteiger partial charge is 0.465 e. The first-order chi connectivity index (χ1) is 9.80. The minimum Gasteiger partial charge on any atom is -0.465 e. The Balaban J connectivity index is 2.35. The number of halogens is 3. The zero-order valence-corrected chi connectivity index (χ0v) is 11.7. The first-order valence-electron chi connectivity index (χ1n) is 6.50. The van der Waals surface area contributed by atoms with Crippen LogP contribution < -0.4 is 0 Å². The highest BCUT2D eigenvalue weighted by molar-refractivity contribution is 5.86. The molecular formula is C15H15F3O3. The molecule has 0 aromatic heterocycles. The minimum absolute atomic E-state index is 0.0313. The van der Waals surface area contributed by atoms with E-state index in [1.807, 2.05) is 0 Å². The van der Waals surface area contributed by atoms with Crippen molar-refractivity contribution >= 4 is 5.97 Å². The predicted molar refractivity (Wildman–Crippen MR) is 69.3 cm³/mol. The summed E-state index contributed by atoms with van der Waals surface area (Å²) in [4.78, 5) is 11.6. The smallest absolute Gasteiger partial charge is 0.432 e. The van der Waals surface area contributed by atoms with E-state index in [0.717, 1.165) is 11.6 Å². The Labute approximate surface area is 120 Å². The molecule has 3 nitrogen and oxygen atoms in total. The van der Waals surface area contributed by atoms with E-state index >= 15 is 0 Å². The lowest BCUT2D eigenvalue weighted by Crippen LogP contribution is -2.42. The van der Waals surface area contributed by atoms with Crippen LogP contribution in [0.4, 0.5) is 13.2 Å². The minimum atomic E-state index is -4.65. The molecule has 0 amide bonds. The van der Waals surface area contributed by atoms with E-state index in [1.54, 1.807) is 26.0 Å². The molecule has 114 valence electrons. The van der Waals surface area contributed by atoms with Crippen LogP contribution in [0.3, 0.4) is 0 Å². The van der Waals surface area contributed by atoms with Crippen LogP contribution in [-0.2, 0) is 19.9 Å². The fourth-order valence-corrected chi connectivity index (χ4v) is 2.17. The summed E-state index contributed by atoms with van der Waals surface area (Å²) in [5.74, 6) is -1.27. The van der Waals surface area contributed by atoms with Gasteiger partial charge in [0.2, 0.25) is 11.4 Å². The van der Waals surface area contributed by atoms with Gasteiger partial charge >= 0.3 is 12.1 Å². The number of hydrogen-bond acceptors (Lipinski definition) is 3. The van der Waals surface area contributed by atoms with E-state index in [9.17, 15) is 18.0 Å². The Morgan fingerprint density at radius 2 is 1.95 bits per heavy atom. The van der Waals surface area contributed by atoms with E-state index in [0.29, 0.717) is 0 Å². The van der Waals surface area contributed by atoms with Crippen LogP contribution in [0.15, 0.2) is 36.1 Å². The van der Waals surface area contributed by atoms with E-state index in [2.05, 4.69) is 4.74 Å². The highest BCUT2D eigenvalue weighted by Crippen LogP contribution is 2.49. The predicted octanol–water partition coefficient (Wildman–Crippen LogP) is 3.62. The maximum Gasteiger partial charge on any atom is 0.432 e. The van der Waals surface area contributed by atoms with Crippen molar-refractivity contribution in [3.63, 3.8) is 0 Å². The van der Waals surface area contributed by atoms with Crippen molar-refractivity contribution in [3.05, 3.63) is 47.2 Å². The van der Waals surface area contributed by atoms with Gasteiger partial charge in [-0.05, 0) is 19.9 Å². The topological polar surface area (TPSA) is 35.5 Å². The van der Waals surface area contributed by atoms with Crippen LogP contribution in [0, 0.1) is 6.92 Å². The van der Waals surface area contributed by atoms with E-state index in [4.69, 9.17) is 4.74 Å². The molecule has 6 heteroatoms. The molecule has 0 spiro atoms.